The third-order valence-electron chi connectivity index (χ3n) is 6.51. The molecule has 0 radical (unpaired) electrons. The Morgan fingerprint density at radius 1 is 1.07 bits per heavy atom. The fraction of sp³-hybridized carbons (Fsp3) is 0.720. The second kappa shape index (κ2) is 10.5. The highest BCUT2D eigenvalue weighted by molar-refractivity contribution is 5.80. The first-order chi connectivity index (χ1) is 14.3. The maximum atomic E-state index is 4.93. The molecule has 168 valence electrons. The third kappa shape index (κ3) is 6.63. The lowest BCUT2D eigenvalue weighted by atomic mass is 9.87. The van der Waals surface area contributed by atoms with Crippen molar-refractivity contribution in [3.63, 3.8) is 0 Å². The van der Waals surface area contributed by atoms with E-state index in [1.807, 2.05) is 0 Å². The van der Waals surface area contributed by atoms with E-state index in [1.165, 1.54) is 37.2 Å². The van der Waals surface area contributed by atoms with Gasteiger partial charge in [-0.1, -0.05) is 32.9 Å². The van der Waals surface area contributed by atoms with Crippen molar-refractivity contribution in [1.82, 2.24) is 15.5 Å². The standard InChI is InChI=1S/C25H43N5/c1-6-26-24(27-18-20-8-7-15-29(5)19-20)28-22-13-16-30(17-14-22)23-11-9-21(10-12-23)25(2,3)4/h9-12,20,22H,6-8,13-19H2,1-5H3,(H2,26,27,28). The average molecular weight is 414 g/mol. The van der Waals surface area contributed by atoms with E-state index in [1.54, 1.807) is 0 Å². The second-order valence-corrected chi connectivity index (χ2v) is 10.2. The van der Waals surface area contributed by atoms with Gasteiger partial charge < -0.3 is 20.4 Å². The fourth-order valence-corrected chi connectivity index (χ4v) is 4.61. The molecule has 2 aliphatic heterocycles. The van der Waals surface area contributed by atoms with Gasteiger partial charge in [-0.15, -0.1) is 0 Å². The molecule has 0 aromatic heterocycles. The zero-order valence-electron chi connectivity index (χ0n) is 19.9. The molecule has 3 rings (SSSR count). The first-order valence-electron chi connectivity index (χ1n) is 11.9. The minimum Gasteiger partial charge on any atom is -0.371 e. The Hall–Kier alpha value is -1.75. The third-order valence-corrected chi connectivity index (χ3v) is 6.51. The largest absolute Gasteiger partial charge is 0.371 e. The number of guanidine groups is 1. The predicted molar refractivity (Wildman–Crippen MR) is 130 cm³/mol. The van der Waals surface area contributed by atoms with Gasteiger partial charge >= 0.3 is 0 Å². The molecule has 0 aliphatic carbocycles. The fourth-order valence-electron chi connectivity index (χ4n) is 4.61. The number of hydrogen-bond acceptors (Lipinski definition) is 3. The molecule has 2 N–H and O–H groups in total. The van der Waals surface area contributed by atoms with Crippen molar-refractivity contribution in [2.75, 3.05) is 51.2 Å². The zero-order chi connectivity index (χ0) is 21.6. The lowest BCUT2D eigenvalue weighted by molar-refractivity contribution is 0.214. The minimum absolute atomic E-state index is 0.213. The summed E-state index contributed by atoms with van der Waals surface area (Å²) in [7, 11) is 2.23. The monoisotopic (exact) mass is 413 g/mol. The number of hydrogen-bond donors (Lipinski definition) is 2. The number of rotatable bonds is 5. The van der Waals surface area contributed by atoms with Gasteiger partial charge in [-0.3, -0.25) is 4.99 Å². The summed E-state index contributed by atoms with van der Waals surface area (Å²) in [5, 5.41) is 7.16. The molecular weight excluding hydrogens is 370 g/mol. The highest BCUT2D eigenvalue weighted by Gasteiger charge is 2.22. The molecule has 1 unspecified atom stereocenters. The van der Waals surface area contributed by atoms with E-state index < -0.39 is 0 Å². The van der Waals surface area contributed by atoms with Crippen LogP contribution in [0.1, 0.15) is 58.9 Å². The van der Waals surface area contributed by atoms with Gasteiger partial charge in [0.1, 0.15) is 0 Å². The van der Waals surface area contributed by atoms with Crippen molar-refractivity contribution in [3.05, 3.63) is 29.8 Å². The Morgan fingerprint density at radius 2 is 1.77 bits per heavy atom. The molecule has 1 atom stereocenters. The maximum absolute atomic E-state index is 4.93. The van der Waals surface area contributed by atoms with E-state index in [0.29, 0.717) is 12.0 Å². The molecule has 0 bridgehead atoms. The number of likely N-dealkylation sites (tertiary alicyclic amines) is 1. The van der Waals surface area contributed by atoms with Gasteiger partial charge in [-0.2, -0.15) is 0 Å². The van der Waals surface area contributed by atoms with Crippen LogP contribution in [-0.4, -0.2) is 63.2 Å². The number of aliphatic imine (C=N–C) groups is 1. The average Bonchev–Trinajstić information content (AvgIpc) is 2.72. The summed E-state index contributed by atoms with van der Waals surface area (Å²) in [5.41, 5.74) is 2.96. The van der Waals surface area contributed by atoms with Crippen molar-refractivity contribution in [1.29, 1.82) is 0 Å². The molecule has 0 saturated carbocycles. The van der Waals surface area contributed by atoms with Crippen LogP contribution in [0, 0.1) is 5.92 Å². The van der Waals surface area contributed by atoms with Gasteiger partial charge in [0.15, 0.2) is 5.96 Å². The summed E-state index contributed by atoms with van der Waals surface area (Å²) in [6.07, 6.45) is 4.91. The van der Waals surface area contributed by atoms with Crippen molar-refractivity contribution in [2.24, 2.45) is 10.9 Å². The predicted octanol–water partition coefficient (Wildman–Crippen LogP) is 3.85. The number of piperidine rings is 2. The topological polar surface area (TPSA) is 42.9 Å². The van der Waals surface area contributed by atoms with Gasteiger partial charge in [-0.25, -0.2) is 0 Å². The van der Waals surface area contributed by atoms with E-state index in [4.69, 9.17) is 4.99 Å². The van der Waals surface area contributed by atoms with Crippen molar-refractivity contribution >= 4 is 11.6 Å². The molecule has 1 aromatic rings. The van der Waals surface area contributed by atoms with Crippen LogP contribution in [0.2, 0.25) is 0 Å². The lowest BCUT2D eigenvalue weighted by Crippen LogP contribution is -2.49. The molecule has 0 spiro atoms. The van der Waals surface area contributed by atoms with Gasteiger partial charge in [0, 0.05) is 44.5 Å². The van der Waals surface area contributed by atoms with E-state index in [9.17, 15) is 0 Å². The van der Waals surface area contributed by atoms with Crippen molar-refractivity contribution in [3.8, 4) is 0 Å². The van der Waals surface area contributed by atoms with Crippen molar-refractivity contribution in [2.45, 2.75) is 64.8 Å². The Morgan fingerprint density at radius 3 is 2.37 bits per heavy atom. The number of benzene rings is 1. The smallest absolute Gasteiger partial charge is 0.191 e. The van der Waals surface area contributed by atoms with Gasteiger partial charge in [0.2, 0.25) is 0 Å². The highest BCUT2D eigenvalue weighted by Crippen LogP contribution is 2.26. The molecule has 0 amide bonds. The van der Waals surface area contributed by atoms with Crippen LogP contribution < -0.4 is 15.5 Å². The van der Waals surface area contributed by atoms with Crippen LogP contribution in [0.25, 0.3) is 0 Å². The van der Waals surface area contributed by atoms with Gasteiger partial charge in [0.05, 0.1) is 0 Å². The Balaban J connectivity index is 1.49. The van der Waals surface area contributed by atoms with Crippen LogP contribution in [0.15, 0.2) is 29.3 Å². The van der Waals surface area contributed by atoms with Crippen LogP contribution in [-0.2, 0) is 5.41 Å². The van der Waals surface area contributed by atoms with Crippen LogP contribution in [0.5, 0.6) is 0 Å². The van der Waals surface area contributed by atoms with Crippen molar-refractivity contribution < 1.29 is 0 Å². The molecule has 5 heteroatoms. The summed E-state index contributed by atoms with van der Waals surface area (Å²) in [5.74, 6) is 1.69. The zero-order valence-corrected chi connectivity index (χ0v) is 19.9. The summed E-state index contributed by atoms with van der Waals surface area (Å²) in [6.45, 7) is 15.4. The first kappa shape index (κ1) is 22.9. The molecule has 2 saturated heterocycles. The van der Waals surface area contributed by atoms with Crippen LogP contribution in [0.4, 0.5) is 5.69 Å². The Labute approximate surface area is 184 Å². The summed E-state index contributed by atoms with van der Waals surface area (Å²) < 4.78 is 0. The first-order valence-corrected chi connectivity index (χ1v) is 11.9. The number of anilines is 1. The molecular formula is C25H43N5. The minimum atomic E-state index is 0.213. The second-order valence-electron chi connectivity index (χ2n) is 10.2. The highest BCUT2D eigenvalue weighted by atomic mass is 15.2. The van der Waals surface area contributed by atoms with Crippen LogP contribution in [0.3, 0.4) is 0 Å². The van der Waals surface area contributed by atoms with E-state index in [0.717, 1.165) is 45.0 Å². The SMILES string of the molecule is CCNC(=NCC1CCCN(C)C1)NC1CCN(c2ccc(C(C)(C)C)cc2)CC1. The number of nitrogens with one attached hydrogen (secondary N) is 2. The molecule has 2 fully saturated rings. The Kier molecular flexibility index (Phi) is 8.04. The maximum Gasteiger partial charge on any atom is 0.191 e. The van der Waals surface area contributed by atoms with E-state index >= 15 is 0 Å². The lowest BCUT2D eigenvalue weighted by Gasteiger charge is -2.35. The molecule has 2 heterocycles. The van der Waals surface area contributed by atoms with Crippen LogP contribution >= 0.6 is 0 Å². The quantitative estimate of drug-likeness (QED) is 0.568. The van der Waals surface area contributed by atoms with E-state index in [-0.39, 0.29) is 5.41 Å². The summed E-state index contributed by atoms with van der Waals surface area (Å²) in [6, 6.07) is 9.67. The molecule has 1 aromatic carbocycles. The van der Waals surface area contributed by atoms with Gasteiger partial charge in [-0.05, 0) is 75.2 Å². The number of nitrogens with zero attached hydrogens (tertiary/aromatic N) is 3. The molecule has 2 aliphatic rings. The van der Waals surface area contributed by atoms with Gasteiger partial charge in [0.25, 0.3) is 0 Å². The van der Waals surface area contributed by atoms with E-state index in [2.05, 4.69) is 79.4 Å². The normalized spacial score (nSPS) is 22.2. The summed E-state index contributed by atoms with van der Waals surface area (Å²) in [4.78, 5) is 9.89. The molecule has 5 nitrogen and oxygen atoms in total. The summed E-state index contributed by atoms with van der Waals surface area (Å²) >= 11 is 0. The molecule has 30 heavy (non-hydrogen) atoms. The Bertz CT molecular complexity index is 668.